The SMILES string of the molecule is O=c1[nH]c2cc(C(F)(F)F)c(OC(C(F)(F)F)C(F)(F)F)cc2n(CP(=O)(O)O)c1=O. The Morgan fingerprint density at radius 1 is 1.00 bits per heavy atom. The maximum Gasteiger partial charge on any atom is 0.434 e. The number of H-pyrrole nitrogens is 1. The van der Waals surface area contributed by atoms with Crippen LogP contribution in [-0.4, -0.2) is 37.8 Å². The van der Waals surface area contributed by atoms with E-state index < -0.39 is 72.0 Å². The minimum absolute atomic E-state index is 0.0991. The first-order valence-corrected chi connectivity index (χ1v) is 9.24. The Labute approximate surface area is 163 Å². The van der Waals surface area contributed by atoms with Gasteiger partial charge in [0.2, 0.25) is 0 Å². The summed E-state index contributed by atoms with van der Waals surface area (Å²) < 4.78 is 131. The fraction of sp³-hybridized carbons (Fsp3) is 0.385. The molecule has 0 saturated carbocycles. The van der Waals surface area contributed by atoms with Crippen molar-refractivity contribution in [2.45, 2.75) is 30.9 Å². The van der Waals surface area contributed by atoms with E-state index in [2.05, 4.69) is 4.74 Å². The van der Waals surface area contributed by atoms with Crippen molar-refractivity contribution in [2.75, 3.05) is 0 Å². The minimum atomic E-state index is -6.20. The number of nitrogens with zero attached hydrogens (tertiary/aromatic N) is 1. The second-order valence-electron chi connectivity index (χ2n) is 5.94. The van der Waals surface area contributed by atoms with Crippen LogP contribution in [0, 0.1) is 0 Å². The zero-order valence-corrected chi connectivity index (χ0v) is 15.2. The second kappa shape index (κ2) is 7.56. The standard InChI is InChI=1S/C13H8F9N2O6P/c14-11(15,16)4-1-5-6(24(3-31(27,28)29)9(26)8(25)23-5)2-7(4)30-10(12(17,18)19)13(20,21)22/h1-2,10H,3H2,(H,23,25)(H2,27,28,29). The lowest BCUT2D eigenvalue weighted by Gasteiger charge is -2.26. The number of hydrogen-bond donors (Lipinski definition) is 3. The summed E-state index contributed by atoms with van der Waals surface area (Å²) in [6, 6.07) is -0.249. The first-order chi connectivity index (χ1) is 13.7. The Kier molecular flexibility index (Phi) is 6.04. The summed E-state index contributed by atoms with van der Waals surface area (Å²) in [7, 11) is -5.19. The lowest BCUT2D eigenvalue weighted by Crippen LogP contribution is -2.46. The molecule has 8 nitrogen and oxygen atoms in total. The van der Waals surface area contributed by atoms with E-state index in [0.29, 0.717) is 0 Å². The summed E-state index contributed by atoms with van der Waals surface area (Å²) in [5.41, 5.74) is -7.58. The third-order valence-corrected chi connectivity index (χ3v) is 4.20. The quantitative estimate of drug-likeness (QED) is 0.345. The van der Waals surface area contributed by atoms with Crippen LogP contribution in [0.5, 0.6) is 5.75 Å². The number of fused-ring (bicyclic) bond motifs is 1. The molecular formula is C13H8F9N2O6P. The minimum Gasteiger partial charge on any atom is -0.471 e. The Morgan fingerprint density at radius 2 is 1.52 bits per heavy atom. The lowest BCUT2D eigenvalue weighted by atomic mass is 10.1. The van der Waals surface area contributed by atoms with E-state index in [1.807, 2.05) is 0 Å². The maximum absolute atomic E-state index is 13.2. The van der Waals surface area contributed by atoms with E-state index >= 15 is 0 Å². The number of aromatic amines is 1. The van der Waals surface area contributed by atoms with E-state index in [1.165, 1.54) is 0 Å². The molecule has 174 valence electrons. The number of alkyl halides is 9. The summed E-state index contributed by atoms with van der Waals surface area (Å²) in [4.78, 5) is 43.0. The average molecular weight is 490 g/mol. The smallest absolute Gasteiger partial charge is 0.434 e. The van der Waals surface area contributed by atoms with Gasteiger partial charge in [0.15, 0.2) is 0 Å². The van der Waals surface area contributed by atoms with Crippen molar-refractivity contribution in [3.05, 3.63) is 38.4 Å². The fourth-order valence-corrected chi connectivity index (χ4v) is 3.04. The topological polar surface area (TPSA) is 122 Å². The van der Waals surface area contributed by atoms with E-state index in [4.69, 9.17) is 9.79 Å². The predicted molar refractivity (Wildman–Crippen MR) is 82.4 cm³/mol. The molecule has 31 heavy (non-hydrogen) atoms. The van der Waals surface area contributed by atoms with E-state index in [0.717, 1.165) is 0 Å². The number of benzene rings is 1. The van der Waals surface area contributed by atoms with Crippen LogP contribution in [0.15, 0.2) is 21.7 Å². The van der Waals surface area contributed by atoms with Crippen molar-refractivity contribution in [3.8, 4) is 5.75 Å². The summed E-state index contributed by atoms with van der Waals surface area (Å²) in [6.45, 7) is 0. The van der Waals surface area contributed by atoms with Gasteiger partial charge in [-0.15, -0.1) is 0 Å². The van der Waals surface area contributed by atoms with Gasteiger partial charge in [-0.05, 0) is 6.07 Å². The fourth-order valence-electron chi connectivity index (χ4n) is 2.39. The Hall–Kier alpha value is -2.52. The molecule has 0 spiro atoms. The third kappa shape index (κ3) is 5.59. The van der Waals surface area contributed by atoms with Crippen LogP contribution in [0.3, 0.4) is 0 Å². The number of aromatic nitrogens is 2. The molecule has 18 heteroatoms. The number of rotatable bonds is 4. The first-order valence-electron chi connectivity index (χ1n) is 7.44. The molecule has 2 aromatic rings. The highest BCUT2D eigenvalue weighted by atomic mass is 31.2. The van der Waals surface area contributed by atoms with Crippen LogP contribution >= 0.6 is 7.60 Å². The summed E-state index contributed by atoms with van der Waals surface area (Å²) >= 11 is 0. The number of nitrogens with one attached hydrogen (secondary N) is 1. The van der Waals surface area contributed by atoms with Crippen molar-refractivity contribution in [1.29, 1.82) is 0 Å². The van der Waals surface area contributed by atoms with Gasteiger partial charge in [-0.1, -0.05) is 0 Å². The highest BCUT2D eigenvalue weighted by Crippen LogP contribution is 2.43. The molecule has 0 fully saturated rings. The second-order valence-corrected chi connectivity index (χ2v) is 7.55. The van der Waals surface area contributed by atoms with Gasteiger partial charge < -0.3 is 19.5 Å². The largest absolute Gasteiger partial charge is 0.471 e. The summed E-state index contributed by atoms with van der Waals surface area (Å²) in [5.74, 6) is -2.05. The third-order valence-electron chi connectivity index (χ3n) is 3.55. The van der Waals surface area contributed by atoms with Crippen LogP contribution in [0.2, 0.25) is 0 Å². The summed E-state index contributed by atoms with van der Waals surface area (Å²) in [6.07, 6.45) is -24.3. The van der Waals surface area contributed by atoms with Crippen LogP contribution < -0.4 is 15.9 Å². The molecule has 1 aromatic heterocycles. The van der Waals surface area contributed by atoms with Gasteiger partial charge >= 0.3 is 37.2 Å². The molecule has 0 aliphatic carbocycles. The number of ether oxygens (including phenoxy) is 1. The Morgan fingerprint density at radius 3 is 1.94 bits per heavy atom. The monoisotopic (exact) mass is 490 g/mol. The Bertz CT molecular complexity index is 1140. The average Bonchev–Trinajstić information content (AvgIpc) is 2.52. The van der Waals surface area contributed by atoms with Gasteiger partial charge in [-0.3, -0.25) is 18.7 Å². The van der Waals surface area contributed by atoms with Crippen LogP contribution in [0.4, 0.5) is 39.5 Å². The van der Waals surface area contributed by atoms with Gasteiger partial charge in [0.05, 0.1) is 16.6 Å². The van der Waals surface area contributed by atoms with E-state index in [-0.39, 0.29) is 16.7 Å². The van der Waals surface area contributed by atoms with Gasteiger partial charge in [-0.25, -0.2) is 0 Å². The highest BCUT2D eigenvalue weighted by Gasteiger charge is 2.59. The van der Waals surface area contributed by atoms with Crippen molar-refractivity contribution < 1.29 is 58.6 Å². The zero-order chi connectivity index (χ0) is 24.2. The predicted octanol–water partition coefficient (Wildman–Crippen LogP) is 2.72. The normalized spacial score (nSPS) is 13.8. The van der Waals surface area contributed by atoms with Gasteiger partial charge in [0, 0.05) is 6.07 Å². The molecule has 0 atom stereocenters. The van der Waals surface area contributed by atoms with E-state index in [9.17, 15) is 53.7 Å². The van der Waals surface area contributed by atoms with Gasteiger partial charge in [-0.2, -0.15) is 39.5 Å². The van der Waals surface area contributed by atoms with E-state index in [1.54, 1.807) is 4.98 Å². The van der Waals surface area contributed by atoms with Crippen molar-refractivity contribution >= 4 is 18.6 Å². The molecule has 0 unspecified atom stereocenters. The number of hydrogen-bond acceptors (Lipinski definition) is 4. The molecule has 0 bridgehead atoms. The van der Waals surface area contributed by atoms with Gasteiger partial charge in [0.25, 0.3) is 6.10 Å². The van der Waals surface area contributed by atoms with Crippen LogP contribution in [-0.2, 0) is 17.0 Å². The Balaban J connectivity index is 2.90. The van der Waals surface area contributed by atoms with Crippen molar-refractivity contribution in [1.82, 2.24) is 9.55 Å². The highest BCUT2D eigenvalue weighted by molar-refractivity contribution is 7.50. The molecule has 2 rings (SSSR count). The lowest BCUT2D eigenvalue weighted by molar-refractivity contribution is -0.300. The molecule has 0 amide bonds. The van der Waals surface area contributed by atoms with Crippen molar-refractivity contribution in [3.63, 3.8) is 0 Å². The molecule has 0 aliphatic rings. The molecule has 1 aromatic carbocycles. The van der Waals surface area contributed by atoms with Gasteiger partial charge in [0.1, 0.15) is 12.0 Å². The first kappa shape index (κ1) is 24.7. The molecule has 0 radical (unpaired) electrons. The molecule has 0 aliphatic heterocycles. The zero-order valence-electron chi connectivity index (χ0n) is 14.3. The number of halogens is 9. The molecule has 0 saturated heterocycles. The maximum atomic E-state index is 13.2. The van der Waals surface area contributed by atoms with Crippen LogP contribution in [0.25, 0.3) is 11.0 Å². The molecular weight excluding hydrogens is 482 g/mol. The molecule has 3 N–H and O–H groups in total. The van der Waals surface area contributed by atoms with Crippen LogP contribution in [0.1, 0.15) is 5.56 Å². The summed E-state index contributed by atoms with van der Waals surface area (Å²) in [5, 5.41) is 0. The molecule has 1 heterocycles. The van der Waals surface area contributed by atoms with Crippen molar-refractivity contribution in [2.24, 2.45) is 0 Å².